The predicted molar refractivity (Wildman–Crippen MR) is 66.3 cm³/mol. The van der Waals surface area contributed by atoms with Crippen molar-refractivity contribution in [2.45, 2.75) is 18.9 Å². The lowest BCUT2D eigenvalue weighted by molar-refractivity contribution is -0.277. The van der Waals surface area contributed by atoms with Crippen molar-refractivity contribution >= 4 is 0 Å². The summed E-state index contributed by atoms with van der Waals surface area (Å²) in [5.74, 6) is -0.724. The van der Waals surface area contributed by atoms with Gasteiger partial charge < -0.3 is 15.2 Å². The third-order valence-corrected chi connectivity index (χ3v) is 3.42. The van der Waals surface area contributed by atoms with Gasteiger partial charge in [0.25, 0.3) is 0 Å². The monoisotopic (exact) mass is 254 g/mol. The summed E-state index contributed by atoms with van der Waals surface area (Å²) in [6.45, 7) is 2.22. The summed E-state index contributed by atoms with van der Waals surface area (Å²) in [5, 5.41) is 0. The van der Waals surface area contributed by atoms with E-state index >= 15 is 0 Å². The normalized spacial score (nSPS) is 18.7. The third kappa shape index (κ3) is 2.54. The average Bonchev–Trinajstić information content (AvgIpc) is 2.35. The third-order valence-electron chi connectivity index (χ3n) is 3.42. The standard InChI is InChI=1S/C13H19FN2O2/c1-17-13(18-2)8-16(9-13)7-11-4-3-10(6-15)5-12(11)14/h3-5H,6-9,15H2,1-2H3. The van der Waals surface area contributed by atoms with Crippen LogP contribution in [0.3, 0.4) is 0 Å². The Kier molecular flexibility index (Phi) is 3.97. The average molecular weight is 254 g/mol. The second-order valence-electron chi connectivity index (χ2n) is 4.59. The van der Waals surface area contributed by atoms with Crippen molar-refractivity contribution < 1.29 is 13.9 Å². The van der Waals surface area contributed by atoms with E-state index in [-0.39, 0.29) is 5.82 Å². The molecule has 100 valence electrons. The first kappa shape index (κ1) is 13.4. The summed E-state index contributed by atoms with van der Waals surface area (Å²) in [5.41, 5.74) is 6.95. The number of benzene rings is 1. The zero-order valence-corrected chi connectivity index (χ0v) is 10.8. The topological polar surface area (TPSA) is 47.7 Å². The molecule has 0 aromatic heterocycles. The summed E-state index contributed by atoms with van der Waals surface area (Å²) in [6.07, 6.45) is 0. The number of rotatable bonds is 5. The zero-order valence-electron chi connectivity index (χ0n) is 10.8. The molecule has 0 saturated carbocycles. The highest BCUT2D eigenvalue weighted by Crippen LogP contribution is 2.27. The van der Waals surface area contributed by atoms with Gasteiger partial charge in [0.15, 0.2) is 5.79 Å². The molecule has 1 saturated heterocycles. The smallest absolute Gasteiger partial charge is 0.193 e. The number of nitrogens with zero attached hydrogens (tertiary/aromatic N) is 1. The van der Waals surface area contributed by atoms with Crippen molar-refractivity contribution in [1.82, 2.24) is 4.90 Å². The predicted octanol–water partition coefficient (Wildman–Crippen LogP) is 1.09. The fourth-order valence-electron chi connectivity index (χ4n) is 2.18. The Morgan fingerprint density at radius 1 is 1.33 bits per heavy atom. The SMILES string of the molecule is COC1(OC)CN(Cc2ccc(CN)cc2F)C1. The van der Waals surface area contributed by atoms with E-state index in [9.17, 15) is 4.39 Å². The maximum absolute atomic E-state index is 13.8. The lowest BCUT2D eigenvalue weighted by atomic mass is 10.0. The van der Waals surface area contributed by atoms with Crippen LogP contribution in [-0.4, -0.2) is 38.0 Å². The van der Waals surface area contributed by atoms with Gasteiger partial charge in [-0.2, -0.15) is 0 Å². The molecule has 0 atom stereocenters. The maximum atomic E-state index is 13.8. The number of likely N-dealkylation sites (tertiary alicyclic amines) is 1. The summed E-state index contributed by atoms with van der Waals surface area (Å²) >= 11 is 0. The lowest BCUT2D eigenvalue weighted by Gasteiger charge is -2.47. The van der Waals surface area contributed by atoms with E-state index in [0.29, 0.717) is 31.7 Å². The highest BCUT2D eigenvalue weighted by Gasteiger charge is 2.43. The van der Waals surface area contributed by atoms with E-state index in [1.165, 1.54) is 6.07 Å². The van der Waals surface area contributed by atoms with E-state index < -0.39 is 5.79 Å². The zero-order chi connectivity index (χ0) is 13.2. The Hall–Kier alpha value is -1.01. The van der Waals surface area contributed by atoms with Crippen LogP contribution in [0.15, 0.2) is 18.2 Å². The van der Waals surface area contributed by atoms with Crippen LogP contribution in [0.25, 0.3) is 0 Å². The van der Waals surface area contributed by atoms with Gasteiger partial charge in [-0.1, -0.05) is 12.1 Å². The Morgan fingerprint density at radius 3 is 2.50 bits per heavy atom. The number of methoxy groups -OCH3 is 2. The molecule has 0 aliphatic carbocycles. The van der Waals surface area contributed by atoms with Crippen molar-refractivity contribution in [3.05, 3.63) is 35.1 Å². The van der Waals surface area contributed by atoms with E-state index in [1.807, 2.05) is 6.07 Å². The molecule has 0 spiro atoms. The van der Waals surface area contributed by atoms with Crippen LogP contribution in [0, 0.1) is 5.82 Å². The molecule has 0 radical (unpaired) electrons. The Balaban J connectivity index is 1.96. The molecule has 0 unspecified atom stereocenters. The number of hydrogen-bond acceptors (Lipinski definition) is 4. The highest BCUT2D eigenvalue weighted by molar-refractivity contribution is 5.24. The van der Waals surface area contributed by atoms with Gasteiger partial charge in [0.05, 0.1) is 13.1 Å². The van der Waals surface area contributed by atoms with Gasteiger partial charge in [-0.05, 0) is 11.6 Å². The molecule has 1 aromatic rings. The fraction of sp³-hybridized carbons (Fsp3) is 0.538. The first-order chi connectivity index (χ1) is 8.62. The molecule has 5 heteroatoms. The minimum absolute atomic E-state index is 0.203. The molecular weight excluding hydrogens is 235 g/mol. The minimum Gasteiger partial charge on any atom is -0.351 e. The lowest BCUT2D eigenvalue weighted by Crippen LogP contribution is -2.63. The van der Waals surface area contributed by atoms with Gasteiger partial charge in [-0.15, -0.1) is 0 Å². The first-order valence-corrected chi connectivity index (χ1v) is 5.92. The van der Waals surface area contributed by atoms with Crippen LogP contribution in [0.5, 0.6) is 0 Å². The number of halogens is 1. The van der Waals surface area contributed by atoms with Crippen LogP contribution >= 0.6 is 0 Å². The summed E-state index contributed by atoms with van der Waals surface area (Å²) in [4.78, 5) is 2.08. The van der Waals surface area contributed by atoms with Crippen LogP contribution in [-0.2, 0) is 22.6 Å². The van der Waals surface area contributed by atoms with Gasteiger partial charge in [-0.3, -0.25) is 4.90 Å². The molecular formula is C13H19FN2O2. The molecule has 18 heavy (non-hydrogen) atoms. The molecule has 1 fully saturated rings. The summed E-state index contributed by atoms with van der Waals surface area (Å²) in [6, 6.07) is 5.14. The Labute approximate surface area is 106 Å². The minimum atomic E-state index is -0.520. The van der Waals surface area contributed by atoms with Crippen LogP contribution in [0.2, 0.25) is 0 Å². The molecule has 1 heterocycles. The van der Waals surface area contributed by atoms with Crippen molar-refractivity contribution in [1.29, 1.82) is 0 Å². The van der Waals surface area contributed by atoms with Crippen molar-refractivity contribution in [2.75, 3.05) is 27.3 Å². The van der Waals surface area contributed by atoms with E-state index in [0.717, 1.165) is 5.56 Å². The Bertz CT molecular complexity index is 413. The summed E-state index contributed by atoms with van der Waals surface area (Å²) < 4.78 is 24.3. The van der Waals surface area contributed by atoms with Crippen molar-refractivity contribution in [2.24, 2.45) is 5.73 Å². The van der Waals surface area contributed by atoms with Gasteiger partial charge in [0.2, 0.25) is 0 Å². The summed E-state index contributed by atoms with van der Waals surface area (Å²) in [7, 11) is 3.24. The fourth-order valence-corrected chi connectivity index (χ4v) is 2.18. The number of nitrogens with two attached hydrogens (primary N) is 1. The molecule has 4 nitrogen and oxygen atoms in total. The highest BCUT2D eigenvalue weighted by atomic mass is 19.1. The first-order valence-electron chi connectivity index (χ1n) is 5.92. The maximum Gasteiger partial charge on any atom is 0.193 e. The van der Waals surface area contributed by atoms with Gasteiger partial charge in [0, 0.05) is 32.9 Å². The van der Waals surface area contributed by atoms with Gasteiger partial charge >= 0.3 is 0 Å². The van der Waals surface area contributed by atoms with Crippen LogP contribution < -0.4 is 5.73 Å². The number of hydrogen-bond donors (Lipinski definition) is 1. The van der Waals surface area contributed by atoms with Gasteiger partial charge in [0.1, 0.15) is 5.82 Å². The molecule has 2 N–H and O–H groups in total. The Morgan fingerprint density at radius 2 is 2.00 bits per heavy atom. The van der Waals surface area contributed by atoms with E-state index in [1.54, 1.807) is 20.3 Å². The van der Waals surface area contributed by atoms with E-state index in [4.69, 9.17) is 15.2 Å². The molecule has 0 bridgehead atoms. The molecule has 1 aliphatic heterocycles. The molecule has 1 aromatic carbocycles. The van der Waals surface area contributed by atoms with Crippen molar-refractivity contribution in [3.8, 4) is 0 Å². The van der Waals surface area contributed by atoms with Crippen molar-refractivity contribution in [3.63, 3.8) is 0 Å². The second kappa shape index (κ2) is 5.32. The largest absolute Gasteiger partial charge is 0.351 e. The van der Waals surface area contributed by atoms with Gasteiger partial charge in [-0.25, -0.2) is 4.39 Å². The quantitative estimate of drug-likeness (QED) is 0.799. The van der Waals surface area contributed by atoms with E-state index in [2.05, 4.69) is 4.90 Å². The number of ether oxygens (including phenoxy) is 2. The second-order valence-corrected chi connectivity index (χ2v) is 4.59. The molecule has 1 aliphatic rings. The van der Waals surface area contributed by atoms with Crippen LogP contribution in [0.4, 0.5) is 4.39 Å². The molecule has 2 rings (SSSR count). The molecule has 0 amide bonds. The van der Waals surface area contributed by atoms with Crippen LogP contribution in [0.1, 0.15) is 11.1 Å².